The fraction of sp³-hybridized carbons (Fsp3) is 0.444. The minimum atomic E-state index is 0. The highest BCUT2D eigenvalue weighted by Crippen LogP contribution is 2.02. The molecule has 2 N–H and O–H groups in total. The third kappa shape index (κ3) is 5.54. The lowest BCUT2D eigenvalue weighted by Crippen LogP contribution is -2.36. The third-order valence-corrected chi connectivity index (χ3v) is 4.08. The van der Waals surface area contributed by atoms with Crippen LogP contribution < -0.4 is 9.13 Å². The number of hydrogen-bond donors (Lipinski definition) is 0. The largest absolute Gasteiger partial charge is 0.870 e. The first-order valence-corrected chi connectivity index (χ1v) is 7.49. The van der Waals surface area contributed by atoms with Gasteiger partial charge in [0.2, 0.25) is 0 Å². The standard InChI is InChI=1S/C18H26N2.2H2O/c1-15-7-11-19(13-17(15)3)9-5-6-10-20-12-8-16(2)18(4)14-20;;/h7-8,11-14H,5-6,9-10H2,1-4H3;2*1H2/q+2;;/p-2. The van der Waals surface area contributed by atoms with Gasteiger partial charge in [-0.05, 0) is 38.8 Å². The summed E-state index contributed by atoms with van der Waals surface area (Å²) in [4.78, 5) is 0. The maximum Gasteiger partial charge on any atom is 0.171 e. The molecule has 0 saturated heterocycles. The van der Waals surface area contributed by atoms with Crippen LogP contribution in [0.25, 0.3) is 0 Å². The zero-order valence-electron chi connectivity index (χ0n) is 14.1. The summed E-state index contributed by atoms with van der Waals surface area (Å²) < 4.78 is 4.60. The molecule has 2 rings (SSSR count). The Morgan fingerprint density at radius 1 is 0.636 bits per heavy atom. The highest BCUT2D eigenvalue weighted by Gasteiger charge is 2.06. The van der Waals surface area contributed by atoms with Gasteiger partial charge in [-0.1, -0.05) is 0 Å². The average Bonchev–Trinajstić information content (AvgIpc) is 2.42. The first-order chi connectivity index (χ1) is 9.56. The highest BCUT2D eigenvalue weighted by molar-refractivity contribution is 5.17. The van der Waals surface area contributed by atoms with Crippen molar-refractivity contribution >= 4 is 0 Å². The minimum absolute atomic E-state index is 0. The van der Waals surface area contributed by atoms with Crippen LogP contribution in [0.5, 0.6) is 0 Å². The summed E-state index contributed by atoms with van der Waals surface area (Å²) in [7, 11) is 0. The second-order valence-electron chi connectivity index (χ2n) is 5.80. The molecular weight excluding hydrogens is 276 g/mol. The van der Waals surface area contributed by atoms with Crippen LogP contribution in [0.2, 0.25) is 0 Å². The van der Waals surface area contributed by atoms with E-state index in [-0.39, 0.29) is 11.0 Å². The number of unbranched alkanes of at least 4 members (excludes halogenated alkanes) is 1. The van der Waals surface area contributed by atoms with Crippen molar-refractivity contribution in [3.05, 3.63) is 59.2 Å². The Bertz CT molecular complexity index is 544. The summed E-state index contributed by atoms with van der Waals surface area (Å²) in [5.74, 6) is 0. The Hall–Kier alpha value is -1.78. The second-order valence-corrected chi connectivity index (χ2v) is 5.80. The summed E-state index contributed by atoms with van der Waals surface area (Å²) >= 11 is 0. The first-order valence-electron chi connectivity index (χ1n) is 7.49. The second kappa shape index (κ2) is 9.28. The lowest BCUT2D eigenvalue weighted by Gasteiger charge is -2.01. The van der Waals surface area contributed by atoms with Crippen LogP contribution in [0.1, 0.15) is 35.1 Å². The monoisotopic (exact) mass is 304 g/mol. The summed E-state index contributed by atoms with van der Waals surface area (Å²) in [6.07, 6.45) is 11.3. The van der Waals surface area contributed by atoms with Crippen molar-refractivity contribution in [3.63, 3.8) is 0 Å². The molecule has 4 heteroatoms. The number of aromatic nitrogens is 2. The Labute approximate surface area is 133 Å². The molecule has 2 aromatic rings. The SMILES string of the molecule is Cc1cc[n+](CCCC[n+]2ccc(C)c(C)c2)cc1C.[OH-].[OH-]. The molecule has 0 saturated carbocycles. The van der Waals surface area contributed by atoms with Crippen molar-refractivity contribution < 1.29 is 20.1 Å². The predicted octanol–water partition coefficient (Wildman–Crippen LogP) is 2.62. The molecule has 0 atom stereocenters. The van der Waals surface area contributed by atoms with Crippen LogP contribution in [0.15, 0.2) is 36.9 Å². The maximum absolute atomic E-state index is 2.30. The Morgan fingerprint density at radius 3 is 1.32 bits per heavy atom. The molecule has 22 heavy (non-hydrogen) atoms. The number of nitrogens with zero attached hydrogens (tertiary/aromatic N) is 2. The van der Waals surface area contributed by atoms with Crippen molar-refractivity contribution in [1.82, 2.24) is 0 Å². The molecule has 0 fully saturated rings. The zero-order valence-corrected chi connectivity index (χ0v) is 14.1. The molecule has 0 bridgehead atoms. The molecule has 122 valence electrons. The van der Waals surface area contributed by atoms with Crippen molar-refractivity contribution in [2.24, 2.45) is 0 Å². The molecule has 0 unspecified atom stereocenters. The lowest BCUT2D eigenvalue weighted by molar-refractivity contribution is -0.708. The summed E-state index contributed by atoms with van der Waals surface area (Å²) in [6, 6.07) is 4.40. The van der Waals surface area contributed by atoms with Crippen molar-refractivity contribution in [2.75, 3.05) is 0 Å². The van der Waals surface area contributed by atoms with Crippen molar-refractivity contribution in [2.45, 2.75) is 53.6 Å². The van der Waals surface area contributed by atoms with Crippen molar-refractivity contribution in [3.8, 4) is 0 Å². The number of aryl methyl sites for hydroxylation is 6. The summed E-state index contributed by atoms with van der Waals surface area (Å²) in [5.41, 5.74) is 5.48. The predicted molar refractivity (Wildman–Crippen MR) is 85.3 cm³/mol. The molecule has 4 nitrogen and oxygen atoms in total. The smallest absolute Gasteiger partial charge is 0.171 e. The van der Waals surface area contributed by atoms with Gasteiger partial charge in [-0.25, -0.2) is 9.13 Å². The van der Waals surface area contributed by atoms with E-state index in [4.69, 9.17) is 0 Å². The van der Waals surface area contributed by atoms with Gasteiger partial charge in [0, 0.05) is 36.1 Å². The molecule has 0 spiro atoms. The van der Waals surface area contributed by atoms with Gasteiger partial charge in [0.05, 0.1) is 0 Å². The molecule has 0 aromatic carbocycles. The first kappa shape index (κ1) is 20.2. The van der Waals surface area contributed by atoms with Gasteiger partial charge < -0.3 is 11.0 Å². The van der Waals surface area contributed by atoms with E-state index in [1.54, 1.807) is 0 Å². The van der Waals surface area contributed by atoms with Crippen LogP contribution in [-0.4, -0.2) is 11.0 Å². The van der Waals surface area contributed by atoms with Crippen molar-refractivity contribution in [1.29, 1.82) is 0 Å². The Balaban J connectivity index is 0.00000220. The maximum atomic E-state index is 2.30. The summed E-state index contributed by atoms with van der Waals surface area (Å²) in [6.45, 7) is 10.9. The van der Waals surface area contributed by atoms with E-state index in [9.17, 15) is 0 Å². The van der Waals surface area contributed by atoms with E-state index in [2.05, 4.69) is 73.7 Å². The molecule has 0 amide bonds. The van der Waals surface area contributed by atoms with E-state index >= 15 is 0 Å². The number of hydrogen-bond acceptors (Lipinski definition) is 2. The molecule has 0 radical (unpaired) electrons. The van der Waals surface area contributed by atoms with Crippen LogP contribution in [0.4, 0.5) is 0 Å². The highest BCUT2D eigenvalue weighted by atomic mass is 16.0. The topological polar surface area (TPSA) is 67.8 Å². The summed E-state index contributed by atoms with van der Waals surface area (Å²) in [5, 5.41) is 0. The molecule has 2 heterocycles. The van der Waals surface area contributed by atoms with E-state index in [1.165, 1.54) is 35.1 Å². The molecule has 0 aliphatic rings. The van der Waals surface area contributed by atoms with E-state index in [0.29, 0.717) is 0 Å². The zero-order chi connectivity index (χ0) is 14.5. The van der Waals surface area contributed by atoms with Gasteiger partial charge in [0.25, 0.3) is 0 Å². The lowest BCUT2D eigenvalue weighted by atomic mass is 10.2. The molecular formula is C18H28N2O2. The van der Waals surface area contributed by atoms with Crippen LogP contribution >= 0.6 is 0 Å². The van der Waals surface area contributed by atoms with Gasteiger partial charge in [-0.3, -0.25) is 0 Å². The Kier molecular flexibility index (Phi) is 8.53. The van der Waals surface area contributed by atoms with Crippen LogP contribution in [0, 0.1) is 27.7 Å². The van der Waals surface area contributed by atoms with E-state index in [1.807, 2.05) is 0 Å². The third-order valence-electron chi connectivity index (χ3n) is 4.08. The van der Waals surface area contributed by atoms with E-state index < -0.39 is 0 Å². The van der Waals surface area contributed by atoms with Gasteiger partial charge in [-0.2, -0.15) is 0 Å². The number of pyridine rings is 2. The normalized spacial score (nSPS) is 9.82. The van der Waals surface area contributed by atoms with Crippen LogP contribution in [-0.2, 0) is 13.1 Å². The quantitative estimate of drug-likeness (QED) is 0.629. The Morgan fingerprint density at radius 2 is 1.00 bits per heavy atom. The molecule has 2 aromatic heterocycles. The van der Waals surface area contributed by atoms with Gasteiger partial charge in [-0.15, -0.1) is 0 Å². The van der Waals surface area contributed by atoms with Gasteiger partial charge in [0.1, 0.15) is 13.1 Å². The van der Waals surface area contributed by atoms with Gasteiger partial charge in [0.15, 0.2) is 24.8 Å². The molecule has 0 aliphatic heterocycles. The van der Waals surface area contributed by atoms with Gasteiger partial charge >= 0.3 is 0 Å². The fourth-order valence-corrected chi connectivity index (χ4v) is 2.33. The fourth-order valence-electron chi connectivity index (χ4n) is 2.33. The number of rotatable bonds is 5. The van der Waals surface area contributed by atoms with E-state index in [0.717, 1.165) is 13.1 Å². The average molecular weight is 304 g/mol. The minimum Gasteiger partial charge on any atom is -0.870 e. The van der Waals surface area contributed by atoms with Crippen LogP contribution in [0.3, 0.4) is 0 Å². The molecule has 0 aliphatic carbocycles.